The number of imidazole rings is 1. The average Bonchev–Trinajstić information content (AvgIpc) is 2.50. The number of H-pyrrole nitrogens is 1. The van der Waals surface area contributed by atoms with Crippen molar-refractivity contribution in [3.63, 3.8) is 0 Å². The van der Waals surface area contributed by atoms with Crippen molar-refractivity contribution in [2.24, 2.45) is 5.73 Å². The fourth-order valence-corrected chi connectivity index (χ4v) is 1.22. The van der Waals surface area contributed by atoms with Crippen LogP contribution in [0.25, 0.3) is 11.0 Å². The van der Waals surface area contributed by atoms with Crippen molar-refractivity contribution in [3.05, 3.63) is 29.8 Å². The summed E-state index contributed by atoms with van der Waals surface area (Å²) in [6.45, 7) is 0. The molecule has 0 radical (unpaired) electrons. The third kappa shape index (κ3) is 1.05. The molecule has 5 heteroatoms. The topological polar surface area (TPSA) is 71.8 Å². The highest BCUT2D eigenvalue weighted by Crippen LogP contribution is 2.17. The predicted octanol–water partition coefficient (Wildman–Crippen LogP) is 0.801. The summed E-state index contributed by atoms with van der Waals surface area (Å²) in [4.78, 5) is 17.4. The number of aromatic nitrogens is 2. The van der Waals surface area contributed by atoms with Crippen molar-refractivity contribution >= 4 is 16.9 Å². The van der Waals surface area contributed by atoms with E-state index in [1.807, 2.05) is 0 Å². The van der Waals surface area contributed by atoms with Crippen LogP contribution >= 0.6 is 0 Å². The molecule has 1 heterocycles. The number of aromatic amines is 1. The maximum Gasteiger partial charge on any atom is 0.253 e. The minimum absolute atomic E-state index is 0.168. The van der Waals surface area contributed by atoms with Gasteiger partial charge in [0, 0.05) is 0 Å². The first-order chi connectivity index (χ1) is 6.20. The normalized spacial score (nSPS) is 10.5. The number of rotatable bonds is 1. The van der Waals surface area contributed by atoms with E-state index in [0.29, 0.717) is 5.52 Å². The van der Waals surface area contributed by atoms with Crippen molar-refractivity contribution in [1.82, 2.24) is 9.97 Å². The molecule has 2 aromatic rings. The monoisotopic (exact) mass is 179 g/mol. The van der Waals surface area contributed by atoms with Gasteiger partial charge in [-0.15, -0.1) is 0 Å². The molecule has 0 unspecified atom stereocenters. The Bertz CT molecular complexity index is 477. The van der Waals surface area contributed by atoms with Crippen LogP contribution in [0.5, 0.6) is 0 Å². The minimum Gasteiger partial charge on any atom is -0.365 e. The number of nitrogens with one attached hydrogen (secondary N) is 1. The van der Waals surface area contributed by atoms with Gasteiger partial charge < -0.3 is 10.7 Å². The summed E-state index contributed by atoms with van der Waals surface area (Å²) in [6.07, 6.45) is 1.39. The fraction of sp³-hybridized carbons (Fsp3) is 0. The number of halogens is 1. The summed E-state index contributed by atoms with van der Waals surface area (Å²) in [5.74, 6) is -1.46. The second kappa shape index (κ2) is 2.55. The summed E-state index contributed by atoms with van der Waals surface area (Å²) in [6, 6.07) is 2.69. The van der Waals surface area contributed by atoms with Gasteiger partial charge in [-0.3, -0.25) is 4.79 Å². The van der Waals surface area contributed by atoms with Gasteiger partial charge in [0.1, 0.15) is 16.9 Å². The van der Waals surface area contributed by atoms with Crippen molar-refractivity contribution in [1.29, 1.82) is 0 Å². The van der Waals surface area contributed by atoms with Crippen LogP contribution in [0.4, 0.5) is 4.39 Å². The third-order valence-corrected chi connectivity index (χ3v) is 1.79. The summed E-state index contributed by atoms with van der Waals surface area (Å²) in [7, 11) is 0. The Balaban J connectivity index is 2.88. The quantitative estimate of drug-likeness (QED) is 0.679. The Hall–Kier alpha value is -1.91. The van der Waals surface area contributed by atoms with Gasteiger partial charge in [-0.25, -0.2) is 9.37 Å². The molecule has 1 aromatic carbocycles. The van der Waals surface area contributed by atoms with E-state index in [2.05, 4.69) is 9.97 Å². The van der Waals surface area contributed by atoms with Gasteiger partial charge in [-0.1, -0.05) is 0 Å². The number of carbonyl (C=O) groups is 1. The molecule has 0 saturated heterocycles. The van der Waals surface area contributed by atoms with Crippen LogP contribution in [-0.2, 0) is 0 Å². The van der Waals surface area contributed by atoms with Crippen molar-refractivity contribution in [2.75, 3.05) is 0 Å². The molecule has 0 aliphatic heterocycles. The van der Waals surface area contributed by atoms with Gasteiger partial charge in [0.2, 0.25) is 0 Å². The zero-order valence-electron chi connectivity index (χ0n) is 6.54. The minimum atomic E-state index is -0.810. The number of primary amides is 1. The van der Waals surface area contributed by atoms with Gasteiger partial charge in [0.15, 0.2) is 0 Å². The summed E-state index contributed by atoms with van der Waals surface area (Å²) >= 11 is 0. The molecule has 0 bridgehead atoms. The Morgan fingerprint density at radius 3 is 3.00 bits per heavy atom. The highest BCUT2D eigenvalue weighted by atomic mass is 19.1. The van der Waals surface area contributed by atoms with E-state index < -0.39 is 11.7 Å². The van der Waals surface area contributed by atoms with Crippen LogP contribution < -0.4 is 5.73 Å². The first-order valence-corrected chi connectivity index (χ1v) is 3.61. The van der Waals surface area contributed by atoms with Crippen LogP contribution in [-0.4, -0.2) is 15.9 Å². The lowest BCUT2D eigenvalue weighted by atomic mass is 10.1. The zero-order valence-corrected chi connectivity index (χ0v) is 6.54. The highest BCUT2D eigenvalue weighted by molar-refractivity contribution is 6.04. The number of nitrogens with zero attached hydrogens (tertiary/aromatic N) is 1. The number of nitrogens with two attached hydrogens (primary N) is 1. The molecule has 1 aromatic heterocycles. The summed E-state index contributed by atoms with van der Waals surface area (Å²) in [5.41, 5.74) is 5.70. The molecule has 66 valence electrons. The van der Waals surface area contributed by atoms with Crippen LogP contribution in [0.15, 0.2) is 18.5 Å². The fourth-order valence-electron chi connectivity index (χ4n) is 1.22. The Morgan fingerprint density at radius 1 is 1.54 bits per heavy atom. The van der Waals surface area contributed by atoms with Gasteiger partial charge >= 0.3 is 0 Å². The van der Waals surface area contributed by atoms with Crippen LogP contribution in [0.1, 0.15) is 10.4 Å². The molecule has 0 atom stereocenters. The van der Waals surface area contributed by atoms with Crippen LogP contribution in [0.3, 0.4) is 0 Å². The number of fused-ring (bicyclic) bond motifs is 1. The molecular weight excluding hydrogens is 173 g/mol. The van der Waals surface area contributed by atoms with E-state index in [9.17, 15) is 9.18 Å². The van der Waals surface area contributed by atoms with E-state index in [-0.39, 0.29) is 11.1 Å². The largest absolute Gasteiger partial charge is 0.365 e. The summed E-state index contributed by atoms with van der Waals surface area (Å²) < 4.78 is 13.1. The lowest BCUT2D eigenvalue weighted by molar-refractivity contribution is 0.0998. The molecule has 0 aliphatic carbocycles. The standard InChI is InChI=1S/C8H6FN3O/c9-4-1-2-5-7(12-3-11-5)6(4)8(10)13/h1-3H,(H2,10,13)(H,11,12). The van der Waals surface area contributed by atoms with Gasteiger partial charge in [-0.05, 0) is 12.1 Å². The van der Waals surface area contributed by atoms with Crippen molar-refractivity contribution in [2.45, 2.75) is 0 Å². The van der Waals surface area contributed by atoms with E-state index in [1.165, 1.54) is 18.5 Å². The number of amides is 1. The molecule has 0 fully saturated rings. The van der Waals surface area contributed by atoms with E-state index in [4.69, 9.17) is 5.73 Å². The number of hydrogen-bond acceptors (Lipinski definition) is 2. The Labute approximate surface area is 72.6 Å². The molecule has 0 aliphatic rings. The molecule has 1 amide bonds. The molecule has 0 spiro atoms. The summed E-state index contributed by atoms with van der Waals surface area (Å²) in [5, 5.41) is 0. The second-order valence-corrected chi connectivity index (χ2v) is 2.59. The number of hydrogen-bond donors (Lipinski definition) is 2. The number of carbonyl (C=O) groups excluding carboxylic acids is 1. The predicted molar refractivity (Wildman–Crippen MR) is 44.6 cm³/mol. The molecule has 4 nitrogen and oxygen atoms in total. The Kier molecular flexibility index (Phi) is 1.51. The second-order valence-electron chi connectivity index (χ2n) is 2.59. The zero-order chi connectivity index (χ0) is 9.42. The SMILES string of the molecule is NC(=O)c1c(F)ccc2[nH]cnc12. The van der Waals surface area contributed by atoms with Crippen molar-refractivity contribution < 1.29 is 9.18 Å². The number of benzene rings is 1. The smallest absolute Gasteiger partial charge is 0.253 e. The molecular formula is C8H6FN3O. The third-order valence-electron chi connectivity index (χ3n) is 1.79. The van der Waals surface area contributed by atoms with Crippen LogP contribution in [0, 0.1) is 5.82 Å². The van der Waals surface area contributed by atoms with Gasteiger partial charge in [0.05, 0.1) is 11.8 Å². The maximum atomic E-state index is 13.1. The lowest BCUT2D eigenvalue weighted by Gasteiger charge is -1.97. The van der Waals surface area contributed by atoms with Gasteiger partial charge in [0.25, 0.3) is 5.91 Å². The molecule has 13 heavy (non-hydrogen) atoms. The van der Waals surface area contributed by atoms with E-state index >= 15 is 0 Å². The average molecular weight is 179 g/mol. The maximum absolute atomic E-state index is 13.1. The molecule has 2 rings (SSSR count). The molecule has 3 N–H and O–H groups in total. The van der Waals surface area contributed by atoms with Gasteiger partial charge in [-0.2, -0.15) is 0 Å². The van der Waals surface area contributed by atoms with E-state index in [1.54, 1.807) is 0 Å². The highest BCUT2D eigenvalue weighted by Gasteiger charge is 2.14. The van der Waals surface area contributed by atoms with Crippen molar-refractivity contribution in [3.8, 4) is 0 Å². The molecule has 0 saturated carbocycles. The lowest BCUT2D eigenvalue weighted by Crippen LogP contribution is -2.13. The first-order valence-electron chi connectivity index (χ1n) is 3.61. The van der Waals surface area contributed by atoms with E-state index in [0.717, 1.165) is 0 Å². The Morgan fingerprint density at radius 2 is 2.31 bits per heavy atom. The first kappa shape index (κ1) is 7.72. The van der Waals surface area contributed by atoms with Crippen LogP contribution in [0.2, 0.25) is 0 Å².